The third-order valence-electron chi connectivity index (χ3n) is 2.67. The molecule has 0 aliphatic rings. The number of carbonyl (C=O) groups excluding carboxylic acids is 1. The molecule has 0 fully saturated rings. The van der Waals surface area contributed by atoms with Crippen LogP contribution in [0.4, 0.5) is 5.82 Å². The molecule has 2 rings (SSSR count). The van der Waals surface area contributed by atoms with Crippen LogP contribution in [-0.4, -0.2) is 10.9 Å². The summed E-state index contributed by atoms with van der Waals surface area (Å²) >= 11 is 0. The number of nitriles is 1. The molecule has 2 aromatic rings. The van der Waals surface area contributed by atoms with Crippen molar-refractivity contribution in [2.45, 2.75) is 6.42 Å². The predicted molar refractivity (Wildman–Crippen MR) is 72.1 cm³/mol. The number of anilines is 1. The van der Waals surface area contributed by atoms with Gasteiger partial charge in [-0.3, -0.25) is 4.79 Å². The Kier molecular flexibility index (Phi) is 4.25. The third-order valence-corrected chi connectivity index (χ3v) is 2.67. The number of hydrogen-bond donors (Lipinski definition) is 1. The van der Waals surface area contributed by atoms with Gasteiger partial charge in [0.05, 0.1) is 6.07 Å². The third kappa shape index (κ3) is 3.65. The minimum absolute atomic E-state index is 0.329. The van der Waals surface area contributed by atoms with E-state index in [-0.39, 0.29) is 5.91 Å². The first kappa shape index (κ1) is 12.8. The van der Waals surface area contributed by atoms with E-state index in [1.165, 1.54) is 0 Å². The fourth-order valence-corrected chi connectivity index (χ4v) is 1.70. The first-order chi connectivity index (χ1) is 9.29. The summed E-state index contributed by atoms with van der Waals surface area (Å²) < 4.78 is 0. The second kappa shape index (κ2) is 6.31. The van der Waals surface area contributed by atoms with Gasteiger partial charge in [0.25, 0.3) is 0 Å². The molecule has 1 heterocycles. The summed E-state index contributed by atoms with van der Waals surface area (Å²) in [4.78, 5) is 16.0. The van der Waals surface area contributed by atoms with Crippen LogP contribution < -0.4 is 5.32 Å². The van der Waals surface area contributed by atoms with Crippen LogP contribution in [0.3, 0.4) is 0 Å². The number of carbonyl (C=O) groups is 1. The summed E-state index contributed by atoms with van der Waals surface area (Å²) in [6, 6.07) is 16.7. The molecule has 1 atom stereocenters. The second-order valence-electron chi connectivity index (χ2n) is 4.08. The molecule has 0 aliphatic heterocycles. The average molecular weight is 251 g/mol. The number of nitrogens with one attached hydrogen (secondary N) is 1. The topological polar surface area (TPSA) is 65.8 Å². The molecule has 4 nitrogen and oxygen atoms in total. The van der Waals surface area contributed by atoms with Crippen molar-refractivity contribution in [2.75, 3.05) is 5.32 Å². The first-order valence-electron chi connectivity index (χ1n) is 5.95. The van der Waals surface area contributed by atoms with E-state index in [1.54, 1.807) is 24.4 Å². The zero-order valence-electron chi connectivity index (χ0n) is 10.3. The smallest absolute Gasteiger partial charge is 0.243 e. The van der Waals surface area contributed by atoms with Crippen LogP contribution >= 0.6 is 0 Å². The van der Waals surface area contributed by atoms with E-state index in [0.717, 1.165) is 5.56 Å². The van der Waals surface area contributed by atoms with Crippen molar-refractivity contribution in [3.05, 3.63) is 60.3 Å². The Balaban J connectivity index is 2.02. The number of nitrogens with zero attached hydrogens (tertiary/aromatic N) is 2. The van der Waals surface area contributed by atoms with E-state index in [4.69, 9.17) is 5.26 Å². The Morgan fingerprint density at radius 3 is 2.58 bits per heavy atom. The normalized spacial score (nSPS) is 11.3. The highest BCUT2D eigenvalue weighted by atomic mass is 16.1. The maximum atomic E-state index is 12.0. The molecule has 0 saturated heterocycles. The van der Waals surface area contributed by atoms with Gasteiger partial charge in [0.1, 0.15) is 11.7 Å². The van der Waals surface area contributed by atoms with Gasteiger partial charge in [0.2, 0.25) is 5.91 Å². The van der Waals surface area contributed by atoms with E-state index in [2.05, 4.69) is 10.3 Å². The standard InChI is InChI=1S/C15H13N3O/c16-11-13(10-12-6-2-1-3-7-12)15(19)18-14-8-4-5-9-17-14/h1-9,13H,10H2,(H,17,18,19)/t13-/m1/s1. The molecule has 0 unspecified atom stereocenters. The fourth-order valence-electron chi connectivity index (χ4n) is 1.70. The summed E-state index contributed by atoms with van der Waals surface area (Å²) in [6.07, 6.45) is 1.99. The lowest BCUT2D eigenvalue weighted by atomic mass is 10.00. The van der Waals surface area contributed by atoms with Crippen LogP contribution in [-0.2, 0) is 11.2 Å². The molecule has 4 heteroatoms. The average Bonchev–Trinajstić information content (AvgIpc) is 2.47. The van der Waals surface area contributed by atoms with Crippen molar-refractivity contribution in [1.29, 1.82) is 5.26 Å². The van der Waals surface area contributed by atoms with Crippen molar-refractivity contribution >= 4 is 11.7 Å². The molecule has 19 heavy (non-hydrogen) atoms. The van der Waals surface area contributed by atoms with Crippen LogP contribution in [0.1, 0.15) is 5.56 Å². The maximum Gasteiger partial charge on any atom is 0.243 e. The summed E-state index contributed by atoms with van der Waals surface area (Å²) in [5, 5.41) is 11.7. The highest BCUT2D eigenvalue weighted by Crippen LogP contribution is 2.10. The van der Waals surface area contributed by atoms with E-state index < -0.39 is 5.92 Å². The van der Waals surface area contributed by atoms with Crippen LogP contribution in [0, 0.1) is 17.2 Å². The molecule has 94 valence electrons. The van der Waals surface area contributed by atoms with Crippen molar-refractivity contribution in [2.24, 2.45) is 5.92 Å². The van der Waals surface area contributed by atoms with Crippen LogP contribution in [0.2, 0.25) is 0 Å². The van der Waals surface area contributed by atoms with Gasteiger partial charge in [-0.2, -0.15) is 5.26 Å². The summed E-state index contributed by atoms with van der Waals surface area (Å²) in [5.74, 6) is -0.588. The van der Waals surface area contributed by atoms with Crippen LogP contribution in [0.15, 0.2) is 54.7 Å². The number of aromatic nitrogens is 1. The van der Waals surface area contributed by atoms with Gasteiger partial charge in [-0.15, -0.1) is 0 Å². The predicted octanol–water partition coefficient (Wildman–Crippen LogP) is 2.40. The Labute approximate surface area is 111 Å². The molecule has 1 aromatic carbocycles. The Hall–Kier alpha value is -2.67. The molecular formula is C15H13N3O. The highest BCUT2D eigenvalue weighted by molar-refractivity contribution is 5.93. The molecule has 0 aliphatic carbocycles. The molecule has 1 amide bonds. The Bertz CT molecular complexity index is 575. The van der Waals surface area contributed by atoms with Crippen LogP contribution in [0.25, 0.3) is 0 Å². The van der Waals surface area contributed by atoms with Crippen molar-refractivity contribution in [1.82, 2.24) is 4.98 Å². The fraction of sp³-hybridized carbons (Fsp3) is 0.133. The van der Waals surface area contributed by atoms with Gasteiger partial charge < -0.3 is 5.32 Å². The quantitative estimate of drug-likeness (QED) is 0.907. The lowest BCUT2D eigenvalue weighted by Gasteiger charge is -2.09. The monoisotopic (exact) mass is 251 g/mol. The second-order valence-corrected chi connectivity index (χ2v) is 4.08. The summed E-state index contributed by atoms with van der Waals surface area (Å²) in [5.41, 5.74) is 0.963. The number of amides is 1. The molecule has 0 bridgehead atoms. The molecule has 1 N–H and O–H groups in total. The SMILES string of the molecule is N#C[C@@H](Cc1ccccc1)C(=O)Nc1ccccn1. The van der Waals surface area contributed by atoms with Gasteiger partial charge in [-0.25, -0.2) is 4.98 Å². The van der Waals surface area contributed by atoms with Gasteiger partial charge in [-0.05, 0) is 24.1 Å². The minimum Gasteiger partial charge on any atom is -0.310 e. The van der Waals surface area contributed by atoms with Crippen molar-refractivity contribution in [3.63, 3.8) is 0 Å². The molecule has 0 spiro atoms. The lowest BCUT2D eigenvalue weighted by Crippen LogP contribution is -2.23. The molecule has 1 aromatic heterocycles. The van der Waals surface area contributed by atoms with Crippen LogP contribution in [0.5, 0.6) is 0 Å². The van der Waals surface area contributed by atoms with E-state index in [9.17, 15) is 4.79 Å². The zero-order valence-corrected chi connectivity index (χ0v) is 10.3. The molecule has 0 saturated carbocycles. The van der Waals surface area contributed by atoms with Gasteiger partial charge >= 0.3 is 0 Å². The lowest BCUT2D eigenvalue weighted by molar-refractivity contribution is -0.118. The van der Waals surface area contributed by atoms with E-state index in [1.807, 2.05) is 36.4 Å². The van der Waals surface area contributed by atoms with Crippen molar-refractivity contribution in [3.8, 4) is 6.07 Å². The summed E-state index contributed by atoms with van der Waals surface area (Å²) in [6.45, 7) is 0. The molecule has 0 radical (unpaired) electrons. The molecular weight excluding hydrogens is 238 g/mol. The first-order valence-corrected chi connectivity index (χ1v) is 5.95. The maximum absolute atomic E-state index is 12.0. The summed E-state index contributed by atoms with van der Waals surface area (Å²) in [7, 11) is 0. The van der Waals surface area contributed by atoms with Gasteiger partial charge in [-0.1, -0.05) is 36.4 Å². The number of rotatable bonds is 4. The largest absolute Gasteiger partial charge is 0.310 e. The zero-order chi connectivity index (χ0) is 13.5. The van der Waals surface area contributed by atoms with E-state index in [0.29, 0.717) is 12.2 Å². The van der Waals surface area contributed by atoms with Gasteiger partial charge in [0.15, 0.2) is 0 Å². The van der Waals surface area contributed by atoms with Crippen molar-refractivity contribution < 1.29 is 4.79 Å². The number of pyridine rings is 1. The number of hydrogen-bond acceptors (Lipinski definition) is 3. The van der Waals surface area contributed by atoms with Gasteiger partial charge in [0, 0.05) is 6.20 Å². The van der Waals surface area contributed by atoms with E-state index >= 15 is 0 Å². The Morgan fingerprint density at radius 1 is 1.21 bits per heavy atom. The number of benzene rings is 1. The highest BCUT2D eigenvalue weighted by Gasteiger charge is 2.18. The Morgan fingerprint density at radius 2 is 1.95 bits per heavy atom. The minimum atomic E-state index is -0.718.